The van der Waals surface area contributed by atoms with Crippen molar-refractivity contribution < 1.29 is 19.8 Å². The third-order valence-corrected chi connectivity index (χ3v) is 1.94. The van der Waals surface area contributed by atoms with Gasteiger partial charge in [0, 0.05) is 59.1 Å². The average Bonchev–Trinajstić information content (AvgIpc) is 2.09. The third kappa shape index (κ3) is 11.4. The summed E-state index contributed by atoms with van der Waals surface area (Å²) in [6.07, 6.45) is 1.64. The van der Waals surface area contributed by atoms with Gasteiger partial charge in [-0.25, -0.2) is 0 Å². The van der Waals surface area contributed by atoms with Crippen LogP contribution in [0.25, 0.3) is 0 Å². The zero-order chi connectivity index (χ0) is 11.0. The summed E-state index contributed by atoms with van der Waals surface area (Å²) in [7, 11) is 0. The normalized spacial score (nSPS) is 9.12. The van der Waals surface area contributed by atoms with Gasteiger partial charge in [0.1, 0.15) is 0 Å². The summed E-state index contributed by atoms with van der Waals surface area (Å²) in [5.74, 6) is -3.75. The molecule has 0 aliphatic heterocycles. The molecule has 5 nitrogen and oxygen atoms in total. The van der Waals surface area contributed by atoms with Crippen LogP contribution in [-0.2, 0) is 9.59 Å². The average molecular weight is 249 g/mol. The van der Waals surface area contributed by atoms with Crippen LogP contribution < -0.4 is 5.32 Å². The molecule has 0 spiro atoms. The molecule has 0 aromatic heterocycles. The molecule has 0 aromatic rings. The van der Waals surface area contributed by atoms with Gasteiger partial charge in [-0.3, -0.25) is 9.59 Å². The van der Waals surface area contributed by atoms with E-state index in [1.807, 2.05) is 6.92 Å². The van der Waals surface area contributed by atoms with Gasteiger partial charge in [0.2, 0.25) is 0 Å². The van der Waals surface area contributed by atoms with Crippen LogP contribution in [0.4, 0.5) is 0 Å². The summed E-state index contributed by atoms with van der Waals surface area (Å²) < 4.78 is 0. The third-order valence-electron chi connectivity index (χ3n) is 1.94. The Morgan fingerprint density at radius 3 is 2.00 bits per heavy atom. The topological polar surface area (TPSA) is 86.6 Å². The van der Waals surface area contributed by atoms with Crippen LogP contribution >= 0.6 is 0 Å². The maximum atomic E-state index is 10.5. The van der Waals surface area contributed by atoms with Gasteiger partial charge in [0.15, 0.2) is 5.92 Å². The quantitative estimate of drug-likeness (QED) is 0.315. The number of carboxylic acids is 2. The second-order valence-electron chi connectivity index (χ2n) is 3.08. The first-order chi connectivity index (χ1) is 6.59. The van der Waals surface area contributed by atoms with E-state index in [0.717, 1.165) is 19.5 Å². The van der Waals surface area contributed by atoms with Crippen LogP contribution in [0.5, 0.6) is 0 Å². The fraction of sp³-hybridized carbons (Fsp3) is 0.778. The van der Waals surface area contributed by atoms with Crippen molar-refractivity contribution in [1.29, 1.82) is 0 Å². The predicted octanol–water partition coefficient (Wildman–Crippen LogP) is -0.210. The number of carboxylic acid groups (broad SMARTS) is 2. The van der Waals surface area contributed by atoms with Crippen molar-refractivity contribution in [1.82, 2.24) is 5.32 Å². The molecule has 0 aliphatic rings. The Morgan fingerprint density at radius 1 is 1.12 bits per heavy atom. The first kappa shape index (κ1) is 22.1. The molecule has 0 fully saturated rings. The Hall–Kier alpha value is 0.900. The van der Waals surface area contributed by atoms with Crippen molar-refractivity contribution in [2.45, 2.75) is 26.2 Å². The van der Waals surface area contributed by atoms with Crippen molar-refractivity contribution in [2.24, 2.45) is 5.92 Å². The van der Waals surface area contributed by atoms with Crippen LogP contribution in [-0.4, -0.2) is 94.4 Å². The van der Waals surface area contributed by atoms with Crippen LogP contribution in [0.2, 0.25) is 0 Å². The number of hydrogen-bond acceptors (Lipinski definition) is 3. The first-order valence-electron chi connectivity index (χ1n) is 4.76. The molecule has 16 heavy (non-hydrogen) atoms. The van der Waals surface area contributed by atoms with Gasteiger partial charge in [0.25, 0.3) is 0 Å². The number of carbonyl (C=O) groups is 2. The smallest absolute Gasteiger partial charge is 0.317 e. The minimum Gasteiger partial charge on any atom is -0.481 e. The molecule has 0 aliphatic carbocycles. The van der Waals surface area contributed by atoms with E-state index < -0.39 is 17.9 Å². The molecule has 0 atom stereocenters. The van der Waals surface area contributed by atoms with E-state index in [-0.39, 0.29) is 65.5 Å². The van der Waals surface area contributed by atoms with Crippen LogP contribution in [0.15, 0.2) is 0 Å². The SMILES string of the molecule is CCNCCCCC(C(=O)O)C(=O)O.[Na].[Na]. The zero-order valence-corrected chi connectivity index (χ0v) is 14.3. The standard InChI is InChI=1S/C9H17NO4.2Na/c1-2-10-6-4-3-5-7(8(11)12)9(13)14;;/h7,10H,2-6H2,1H3,(H,11,12)(H,13,14);;. The molecule has 7 heteroatoms. The fourth-order valence-electron chi connectivity index (χ4n) is 1.13. The maximum absolute atomic E-state index is 10.5. The Kier molecular flexibility index (Phi) is 19.3. The summed E-state index contributed by atoms with van der Waals surface area (Å²) in [5.41, 5.74) is 0. The monoisotopic (exact) mass is 249 g/mol. The second kappa shape index (κ2) is 14.0. The first-order valence-corrected chi connectivity index (χ1v) is 4.76. The summed E-state index contributed by atoms with van der Waals surface area (Å²) in [6, 6.07) is 0. The van der Waals surface area contributed by atoms with Gasteiger partial charge in [-0.15, -0.1) is 0 Å². The molecule has 0 heterocycles. The Morgan fingerprint density at radius 2 is 1.62 bits per heavy atom. The second-order valence-corrected chi connectivity index (χ2v) is 3.08. The molecule has 84 valence electrons. The molecular formula is C9H17NNa2O4. The Bertz CT molecular complexity index is 188. The minimum absolute atomic E-state index is 0. The van der Waals surface area contributed by atoms with Gasteiger partial charge in [-0.2, -0.15) is 0 Å². The van der Waals surface area contributed by atoms with Gasteiger partial charge in [-0.1, -0.05) is 13.3 Å². The molecule has 3 N–H and O–H groups in total. The van der Waals surface area contributed by atoms with E-state index in [9.17, 15) is 9.59 Å². The van der Waals surface area contributed by atoms with Crippen molar-refractivity contribution in [3.63, 3.8) is 0 Å². The van der Waals surface area contributed by atoms with Gasteiger partial charge < -0.3 is 15.5 Å². The van der Waals surface area contributed by atoms with Crippen molar-refractivity contribution >= 4 is 71.1 Å². The Labute approximate surface area is 140 Å². The van der Waals surface area contributed by atoms with Gasteiger partial charge >= 0.3 is 11.9 Å². The van der Waals surface area contributed by atoms with Crippen molar-refractivity contribution in [2.75, 3.05) is 13.1 Å². The van der Waals surface area contributed by atoms with Gasteiger partial charge in [-0.05, 0) is 25.9 Å². The van der Waals surface area contributed by atoms with E-state index in [2.05, 4.69) is 5.32 Å². The van der Waals surface area contributed by atoms with Crippen LogP contribution in [0.3, 0.4) is 0 Å². The largest absolute Gasteiger partial charge is 0.481 e. The van der Waals surface area contributed by atoms with E-state index in [0.29, 0.717) is 6.42 Å². The van der Waals surface area contributed by atoms with E-state index in [1.165, 1.54) is 0 Å². The zero-order valence-electron chi connectivity index (χ0n) is 10.3. The minimum atomic E-state index is -1.25. The molecule has 0 rings (SSSR count). The Balaban J connectivity index is -0.000000845. The predicted molar refractivity (Wildman–Crippen MR) is 62.7 cm³/mol. The maximum Gasteiger partial charge on any atom is 0.317 e. The number of rotatable bonds is 8. The van der Waals surface area contributed by atoms with E-state index in [1.54, 1.807) is 0 Å². The molecule has 0 amide bonds. The molecule has 0 saturated heterocycles. The number of unbranched alkanes of at least 4 members (excludes halogenated alkanes) is 1. The summed E-state index contributed by atoms with van der Waals surface area (Å²) >= 11 is 0. The summed E-state index contributed by atoms with van der Waals surface area (Å²) in [4.78, 5) is 20.9. The van der Waals surface area contributed by atoms with Crippen LogP contribution in [0.1, 0.15) is 26.2 Å². The summed E-state index contributed by atoms with van der Waals surface area (Å²) in [6.45, 7) is 3.67. The molecular weight excluding hydrogens is 232 g/mol. The van der Waals surface area contributed by atoms with E-state index in [4.69, 9.17) is 10.2 Å². The molecule has 0 unspecified atom stereocenters. The number of aliphatic carboxylic acids is 2. The fourth-order valence-corrected chi connectivity index (χ4v) is 1.13. The van der Waals surface area contributed by atoms with Crippen molar-refractivity contribution in [3.05, 3.63) is 0 Å². The molecule has 0 aromatic carbocycles. The van der Waals surface area contributed by atoms with Crippen LogP contribution in [0, 0.1) is 5.92 Å². The van der Waals surface area contributed by atoms with Gasteiger partial charge in [0.05, 0.1) is 0 Å². The van der Waals surface area contributed by atoms with E-state index >= 15 is 0 Å². The molecule has 0 bridgehead atoms. The molecule has 0 saturated carbocycles. The molecule has 2 radical (unpaired) electrons. The van der Waals surface area contributed by atoms with Crippen molar-refractivity contribution in [3.8, 4) is 0 Å². The summed E-state index contributed by atoms with van der Waals surface area (Å²) in [5, 5.41) is 20.2. The number of hydrogen-bond donors (Lipinski definition) is 3. The number of nitrogens with one attached hydrogen (secondary N) is 1.